The highest BCUT2D eigenvalue weighted by atomic mass is 19.1. The number of benzene rings is 1. The van der Waals surface area contributed by atoms with Crippen LogP contribution in [-0.4, -0.2) is 36.2 Å². The molecule has 0 aliphatic carbocycles. The Labute approximate surface area is 103 Å². The van der Waals surface area contributed by atoms with E-state index in [1.165, 1.54) is 18.2 Å². The van der Waals surface area contributed by atoms with Gasteiger partial charge in [0.2, 0.25) is 5.91 Å². The second kappa shape index (κ2) is 6.55. The van der Waals surface area contributed by atoms with Crippen molar-refractivity contribution < 1.29 is 23.8 Å². The van der Waals surface area contributed by atoms with E-state index in [2.05, 4.69) is 5.32 Å². The average molecular weight is 256 g/mol. The molecule has 98 valence electrons. The number of aliphatic hydroxyl groups excluding tert-OH is 1. The van der Waals surface area contributed by atoms with Crippen LogP contribution in [-0.2, 0) is 9.59 Å². The first-order valence-corrected chi connectivity index (χ1v) is 5.11. The van der Waals surface area contributed by atoms with Crippen molar-refractivity contribution in [1.82, 2.24) is 5.32 Å². The van der Waals surface area contributed by atoms with E-state index in [0.29, 0.717) is 0 Å². The molecule has 1 rings (SSSR count). The lowest BCUT2D eigenvalue weighted by atomic mass is 10.3. The van der Waals surface area contributed by atoms with Crippen LogP contribution in [0.25, 0.3) is 0 Å². The van der Waals surface area contributed by atoms with E-state index in [9.17, 15) is 14.0 Å². The molecule has 0 bridgehead atoms. The highest BCUT2D eigenvalue weighted by Crippen LogP contribution is 2.14. The molecule has 6 nitrogen and oxygen atoms in total. The molecular formula is C11H13FN2O4. The van der Waals surface area contributed by atoms with Gasteiger partial charge in [-0.1, -0.05) is 12.1 Å². The van der Waals surface area contributed by atoms with Crippen molar-refractivity contribution in [3.8, 4) is 5.75 Å². The molecule has 0 aromatic heterocycles. The van der Waals surface area contributed by atoms with E-state index in [4.69, 9.17) is 15.6 Å². The number of aliphatic hydroxyl groups is 1. The maximum atomic E-state index is 13.1. The van der Waals surface area contributed by atoms with E-state index >= 15 is 0 Å². The predicted octanol–water partition coefficient (Wildman–Crippen LogP) is -0.833. The molecular weight excluding hydrogens is 243 g/mol. The summed E-state index contributed by atoms with van der Waals surface area (Å²) in [6.07, 6.45) is 0. The van der Waals surface area contributed by atoms with Crippen LogP contribution in [0.1, 0.15) is 0 Å². The zero-order chi connectivity index (χ0) is 13.5. The van der Waals surface area contributed by atoms with Gasteiger partial charge in [0.05, 0.1) is 6.61 Å². The lowest BCUT2D eigenvalue weighted by Crippen LogP contribution is -2.48. The van der Waals surface area contributed by atoms with Crippen molar-refractivity contribution in [2.45, 2.75) is 6.04 Å². The quantitative estimate of drug-likeness (QED) is 0.618. The molecule has 0 aliphatic rings. The SMILES string of the molecule is NC(=O)[C@H](CO)NC(=O)COc1ccccc1F. The largest absolute Gasteiger partial charge is 0.481 e. The van der Waals surface area contributed by atoms with Gasteiger partial charge < -0.3 is 20.9 Å². The Bertz CT molecular complexity index is 439. The molecule has 2 amide bonds. The van der Waals surface area contributed by atoms with Gasteiger partial charge in [-0.15, -0.1) is 0 Å². The van der Waals surface area contributed by atoms with Gasteiger partial charge in [-0.05, 0) is 12.1 Å². The highest BCUT2D eigenvalue weighted by molar-refractivity contribution is 5.87. The monoisotopic (exact) mass is 256 g/mol. The van der Waals surface area contributed by atoms with Crippen molar-refractivity contribution in [3.05, 3.63) is 30.1 Å². The number of carbonyl (C=O) groups is 2. The lowest BCUT2D eigenvalue weighted by molar-refractivity contribution is -0.129. The van der Waals surface area contributed by atoms with Gasteiger partial charge >= 0.3 is 0 Å². The summed E-state index contributed by atoms with van der Waals surface area (Å²) in [5.41, 5.74) is 4.91. The Kier molecular flexibility index (Phi) is 5.06. The number of carbonyl (C=O) groups excluding carboxylic acids is 2. The maximum Gasteiger partial charge on any atom is 0.258 e. The molecule has 1 atom stereocenters. The minimum atomic E-state index is -1.18. The molecule has 4 N–H and O–H groups in total. The lowest BCUT2D eigenvalue weighted by Gasteiger charge is -2.13. The number of ether oxygens (including phenoxy) is 1. The molecule has 0 aliphatic heterocycles. The third-order valence-electron chi connectivity index (χ3n) is 2.06. The molecule has 0 unspecified atom stereocenters. The van der Waals surface area contributed by atoms with E-state index in [0.717, 1.165) is 0 Å². The van der Waals surface area contributed by atoms with Crippen LogP contribution in [0, 0.1) is 5.82 Å². The maximum absolute atomic E-state index is 13.1. The predicted molar refractivity (Wildman–Crippen MR) is 60.1 cm³/mol. The fraction of sp³-hybridized carbons (Fsp3) is 0.273. The standard InChI is InChI=1S/C11H13FN2O4/c12-7-3-1-2-4-9(7)18-6-10(16)14-8(5-15)11(13)17/h1-4,8,15H,5-6H2,(H2,13,17)(H,14,16)/t8-/m0/s1. The Hall–Kier alpha value is -2.15. The summed E-state index contributed by atoms with van der Waals surface area (Å²) in [5.74, 6) is -2.22. The fourth-order valence-electron chi connectivity index (χ4n) is 1.15. The summed E-state index contributed by atoms with van der Waals surface area (Å²) in [7, 11) is 0. The second-order valence-corrected chi connectivity index (χ2v) is 3.42. The summed E-state index contributed by atoms with van der Waals surface area (Å²) < 4.78 is 18.0. The Morgan fingerprint density at radius 3 is 2.67 bits per heavy atom. The molecule has 0 saturated carbocycles. The van der Waals surface area contributed by atoms with E-state index in [1.54, 1.807) is 6.07 Å². The molecule has 0 radical (unpaired) electrons. The fourth-order valence-corrected chi connectivity index (χ4v) is 1.15. The smallest absolute Gasteiger partial charge is 0.258 e. The van der Waals surface area contributed by atoms with Gasteiger partial charge in [-0.3, -0.25) is 9.59 Å². The Balaban J connectivity index is 2.47. The number of hydrogen-bond acceptors (Lipinski definition) is 4. The average Bonchev–Trinajstić information content (AvgIpc) is 2.34. The van der Waals surface area contributed by atoms with Gasteiger partial charge in [0.1, 0.15) is 6.04 Å². The molecule has 0 spiro atoms. The first-order valence-electron chi connectivity index (χ1n) is 5.11. The van der Waals surface area contributed by atoms with E-state index < -0.39 is 36.9 Å². The second-order valence-electron chi connectivity index (χ2n) is 3.42. The van der Waals surface area contributed by atoms with Crippen LogP contribution in [0.3, 0.4) is 0 Å². The van der Waals surface area contributed by atoms with Gasteiger partial charge in [0.15, 0.2) is 18.2 Å². The molecule has 7 heteroatoms. The van der Waals surface area contributed by atoms with Gasteiger partial charge in [-0.25, -0.2) is 4.39 Å². The number of rotatable bonds is 6. The zero-order valence-corrected chi connectivity index (χ0v) is 9.43. The number of nitrogens with one attached hydrogen (secondary N) is 1. The minimum absolute atomic E-state index is 0.0766. The van der Waals surface area contributed by atoms with Crippen molar-refractivity contribution in [2.75, 3.05) is 13.2 Å². The number of primary amides is 1. The zero-order valence-electron chi connectivity index (χ0n) is 9.43. The Morgan fingerprint density at radius 1 is 1.44 bits per heavy atom. The highest BCUT2D eigenvalue weighted by Gasteiger charge is 2.17. The summed E-state index contributed by atoms with van der Waals surface area (Å²) in [6, 6.07) is 4.41. The Morgan fingerprint density at radius 2 is 2.11 bits per heavy atom. The number of nitrogens with two attached hydrogens (primary N) is 1. The molecule has 0 fully saturated rings. The van der Waals surface area contributed by atoms with Gasteiger partial charge in [0.25, 0.3) is 5.91 Å². The number of hydrogen-bond donors (Lipinski definition) is 3. The summed E-state index contributed by atoms with van der Waals surface area (Å²) >= 11 is 0. The normalized spacial score (nSPS) is 11.7. The van der Waals surface area contributed by atoms with Crippen molar-refractivity contribution in [3.63, 3.8) is 0 Å². The van der Waals surface area contributed by atoms with Crippen molar-refractivity contribution >= 4 is 11.8 Å². The first kappa shape index (κ1) is 13.9. The van der Waals surface area contributed by atoms with Crippen LogP contribution in [0.15, 0.2) is 24.3 Å². The van der Waals surface area contributed by atoms with Crippen LogP contribution in [0.4, 0.5) is 4.39 Å². The number of halogens is 1. The third kappa shape index (κ3) is 4.02. The molecule has 0 heterocycles. The van der Waals surface area contributed by atoms with Crippen LogP contribution < -0.4 is 15.8 Å². The van der Waals surface area contributed by atoms with Crippen molar-refractivity contribution in [2.24, 2.45) is 5.73 Å². The van der Waals surface area contributed by atoms with Gasteiger partial charge in [0, 0.05) is 0 Å². The molecule has 1 aromatic rings. The number of para-hydroxylation sites is 1. The van der Waals surface area contributed by atoms with Crippen LogP contribution >= 0.6 is 0 Å². The summed E-state index contributed by atoms with van der Waals surface area (Å²) in [4.78, 5) is 22.1. The molecule has 1 aromatic carbocycles. The third-order valence-corrected chi connectivity index (χ3v) is 2.06. The van der Waals surface area contributed by atoms with E-state index in [-0.39, 0.29) is 5.75 Å². The topological polar surface area (TPSA) is 102 Å². The summed E-state index contributed by atoms with van der Waals surface area (Å²) in [5, 5.41) is 10.9. The first-order chi connectivity index (χ1) is 8.54. The summed E-state index contributed by atoms with van der Waals surface area (Å²) in [6.45, 7) is -1.09. The van der Waals surface area contributed by atoms with Gasteiger partial charge in [-0.2, -0.15) is 0 Å². The van der Waals surface area contributed by atoms with E-state index in [1.807, 2.05) is 0 Å². The molecule has 0 saturated heterocycles. The minimum Gasteiger partial charge on any atom is -0.481 e. The molecule has 18 heavy (non-hydrogen) atoms. The van der Waals surface area contributed by atoms with Crippen LogP contribution in [0.5, 0.6) is 5.75 Å². The van der Waals surface area contributed by atoms with Crippen LogP contribution in [0.2, 0.25) is 0 Å². The number of amides is 2. The van der Waals surface area contributed by atoms with Crippen molar-refractivity contribution in [1.29, 1.82) is 0 Å².